The molecule has 0 saturated heterocycles. The molecule has 0 unspecified atom stereocenters. The van der Waals surface area contributed by atoms with Gasteiger partial charge in [0.1, 0.15) is 13.1 Å². The van der Waals surface area contributed by atoms with Crippen LogP contribution in [0.5, 0.6) is 0 Å². The number of isocyanates is 2. The second-order valence-corrected chi connectivity index (χ2v) is 3.80. The molecule has 0 aliphatic rings. The highest BCUT2D eigenvalue weighted by Crippen LogP contribution is 2.32. The lowest BCUT2D eigenvalue weighted by molar-refractivity contribution is 0.00241. The number of hydrogen-bond donors (Lipinski definition) is 0. The lowest BCUT2D eigenvalue weighted by Crippen LogP contribution is -2.20. The van der Waals surface area contributed by atoms with Crippen LogP contribution >= 0.6 is 0 Å². The highest BCUT2D eigenvalue weighted by atomic mass is 19.3. The van der Waals surface area contributed by atoms with Crippen molar-refractivity contribution in [1.82, 2.24) is 0 Å². The molecule has 0 N–H and O–H groups in total. The van der Waals surface area contributed by atoms with E-state index in [4.69, 9.17) is 0 Å². The molecule has 106 valence electrons. The molecule has 0 spiro atoms. The first-order valence-electron chi connectivity index (χ1n) is 5.27. The van der Waals surface area contributed by atoms with Gasteiger partial charge in [-0.2, -0.15) is 27.5 Å². The van der Waals surface area contributed by atoms with E-state index in [0.29, 0.717) is 0 Å². The van der Waals surface area contributed by atoms with E-state index >= 15 is 0 Å². The predicted octanol–water partition coefficient (Wildman–Crippen LogP) is 2.54. The van der Waals surface area contributed by atoms with Crippen LogP contribution in [0, 0.1) is 0 Å². The second-order valence-electron chi connectivity index (χ2n) is 3.80. The van der Waals surface area contributed by atoms with Crippen LogP contribution in [0.4, 0.5) is 17.6 Å². The van der Waals surface area contributed by atoms with Crippen LogP contribution < -0.4 is 0 Å². The van der Waals surface area contributed by atoms with Crippen LogP contribution in [0.25, 0.3) is 0 Å². The Morgan fingerprint density at radius 1 is 0.800 bits per heavy atom. The summed E-state index contributed by atoms with van der Waals surface area (Å²) in [4.78, 5) is 25.1. The van der Waals surface area contributed by atoms with Gasteiger partial charge in [-0.05, 0) is 0 Å². The third-order valence-corrected chi connectivity index (χ3v) is 2.41. The highest BCUT2D eigenvalue weighted by molar-refractivity contribution is 5.35. The first-order valence-corrected chi connectivity index (χ1v) is 5.27. The maximum absolute atomic E-state index is 13.4. The van der Waals surface area contributed by atoms with E-state index in [1.807, 2.05) is 0 Å². The molecule has 0 aliphatic carbocycles. The topological polar surface area (TPSA) is 58.9 Å². The van der Waals surface area contributed by atoms with Crippen molar-refractivity contribution in [2.75, 3.05) is 13.1 Å². The second kappa shape index (κ2) is 6.23. The molecule has 0 aliphatic heterocycles. The van der Waals surface area contributed by atoms with Gasteiger partial charge in [0.25, 0.3) is 11.8 Å². The lowest BCUT2D eigenvalue weighted by atomic mass is 10.0. The van der Waals surface area contributed by atoms with Crippen molar-refractivity contribution < 1.29 is 27.2 Å². The van der Waals surface area contributed by atoms with Crippen molar-refractivity contribution >= 4 is 12.2 Å². The third-order valence-electron chi connectivity index (χ3n) is 2.41. The molecule has 20 heavy (non-hydrogen) atoms. The van der Waals surface area contributed by atoms with Gasteiger partial charge in [-0.3, -0.25) is 0 Å². The molecule has 1 aromatic carbocycles. The summed E-state index contributed by atoms with van der Waals surface area (Å²) >= 11 is 0. The average Bonchev–Trinajstić information content (AvgIpc) is 2.43. The zero-order valence-electron chi connectivity index (χ0n) is 9.95. The number of aliphatic imine (C=N–C) groups is 2. The summed E-state index contributed by atoms with van der Waals surface area (Å²) in [5.41, 5.74) is -1.12. The van der Waals surface area contributed by atoms with Crippen LogP contribution in [0.3, 0.4) is 0 Å². The summed E-state index contributed by atoms with van der Waals surface area (Å²) in [5.74, 6) is -6.90. The van der Waals surface area contributed by atoms with E-state index < -0.39 is 36.1 Å². The fraction of sp³-hybridized carbons (Fsp3) is 0.333. The third kappa shape index (κ3) is 3.85. The first-order chi connectivity index (χ1) is 9.33. The quantitative estimate of drug-likeness (QED) is 0.459. The van der Waals surface area contributed by atoms with Crippen molar-refractivity contribution in [2.45, 2.75) is 11.8 Å². The molecular formula is C12H8F4N2O2. The van der Waals surface area contributed by atoms with Crippen molar-refractivity contribution in [3.05, 3.63) is 35.4 Å². The zero-order valence-corrected chi connectivity index (χ0v) is 9.95. The predicted molar refractivity (Wildman–Crippen MR) is 60.2 cm³/mol. The molecular weight excluding hydrogens is 280 g/mol. The van der Waals surface area contributed by atoms with Gasteiger partial charge in [0.2, 0.25) is 12.2 Å². The molecule has 0 amide bonds. The number of benzene rings is 1. The molecule has 0 fully saturated rings. The van der Waals surface area contributed by atoms with Crippen molar-refractivity contribution in [3.63, 3.8) is 0 Å². The van der Waals surface area contributed by atoms with E-state index in [1.54, 1.807) is 0 Å². The first kappa shape index (κ1) is 15.8. The summed E-state index contributed by atoms with van der Waals surface area (Å²) in [7, 11) is 0. The molecule has 0 radical (unpaired) electrons. The fourth-order valence-electron chi connectivity index (χ4n) is 1.40. The van der Waals surface area contributed by atoms with Gasteiger partial charge in [0.15, 0.2) is 0 Å². The largest absolute Gasteiger partial charge is 0.293 e. The lowest BCUT2D eigenvalue weighted by Gasteiger charge is -2.17. The Morgan fingerprint density at radius 3 is 1.35 bits per heavy atom. The van der Waals surface area contributed by atoms with Crippen molar-refractivity contribution in [1.29, 1.82) is 0 Å². The fourth-order valence-corrected chi connectivity index (χ4v) is 1.40. The van der Waals surface area contributed by atoms with Gasteiger partial charge >= 0.3 is 0 Å². The number of nitrogens with zero attached hydrogens (tertiary/aromatic N) is 2. The molecule has 0 saturated carbocycles. The van der Waals surface area contributed by atoms with Gasteiger partial charge < -0.3 is 0 Å². The van der Waals surface area contributed by atoms with Crippen LogP contribution in [0.2, 0.25) is 0 Å². The van der Waals surface area contributed by atoms with Gasteiger partial charge in [0, 0.05) is 11.1 Å². The maximum atomic E-state index is 13.4. The molecule has 0 heterocycles. The standard InChI is InChI=1S/C12H8F4N2O2/c13-11(14,5-17-7-19)9-1-2-10(4-3-9)12(15,16)6-18-8-20/h1-4H,5-6H2. The molecule has 1 rings (SSSR count). The Hall–Kier alpha value is -2.30. The normalized spacial score (nSPS) is 11.4. The highest BCUT2D eigenvalue weighted by Gasteiger charge is 2.34. The number of alkyl halides is 4. The van der Waals surface area contributed by atoms with Gasteiger partial charge in [-0.25, -0.2) is 9.59 Å². The van der Waals surface area contributed by atoms with Crippen LogP contribution in [0.15, 0.2) is 34.3 Å². The molecule has 4 nitrogen and oxygen atoms in total. The summed E-state index contributed by atoms with van der Waals surface area (Å²) in [6.07, 6.45) is 1.96. The Morgan fingerprint density at radius 2 is 1.10 bits per heavy atom. The average molecular weight is 288 g/mol. The number of carbonyl (C=O) groups excluding carboxylic acids is 2. The van der Waals surface area contributed by atoms with Crippen LogP contribution in [-0.4, -0.2) is 25.2 Å². The Balaban J connectivity index is 2.98. The Kier molecular flexibility index (Phi) is 4.91. The minimum atomic E-state index is -3.45. The Bertz CT molecular complexity index is 508. The SMILES string of the molecule is O=C=NCC(F)(F)c1ccc(C(F)(F)CN=C=O)cc1. The van der Waals surface area contributed by atoms with Crippen LogP contribution in [0.1, 0.15) is 11.1 Å². The smallest absolute Gasteiger partial charge is 0.211 e. The molecule has 0 aromatic heterocycles. The van der Waals surface area contributed by atoms with Gasteiger partial charge in [-0.15, -0.1) is 0 Å². The number of hydrogen-bond acceptors (Lipinski definition) is 4. The van der Waals surface area contributed by atoms with Crippen molar-refractivity contribution in [3.8, 4) is 0 Å². The van der Waals surface area contributed by atoms with E-state index in [-0.39, 0.29) is 0 Å². The summed E-state index contributed by atoms with van der Waals surface area (Å²) in [5, 5.41) is 0. The maximum Gasteiger partial charge on any atom is 0.293 e. The van der Waals surface area contributed by atoms with E-state index in [2.05, 4.69) is 9.98 Å². The van der Waals surface area contributed by atoms with Gasteiger partial charge in [0.05, 0.1) is 0 Å². The van der Waals surface area contributed by atoms with E-state index in [9.17, 15) is 27.2 Å². The van der Waals surface area contributed by atoms with E-state index in [0.717, 1.165) is 36.4 Å². The molecule has 0 bridgehead atoms. The van der Waals surface area contributed by atoms with Crippen molar-refractivity contribution in [2.24, 2.45) is 9.98 Å². The molecule has 0 atom stereocenters. The minimum Gasteiger partial charge on any atom is -0.211 e. The molecule has 8 heteroatoms. The summed E-state index contributed by atoms with van der Waals surface area (Å²) in [6.45, 7) is -2.22. The summed E-state index contributed by atoms with van der Waals surface area (Å²) < 4.78 is 53.8. The number of halogens is 4. The Labute approximate surface area is 110 Å². The van der Waals surface area contributed by atoms with Crippen LogP contribution in [-0.2, 0) is 21.4 Å². The zero-order chi connectivity index (χ0) is 15.2. The minimum absolute atomic E-state index is 0.560. The number of rotatable bonds is 6. The van der Waals surface area contributed by atoms with E-state index in [1.165, 1.54) is 0 Å². The molecule has 1 aromatic rings. The monoisotopic (exact) mass is 288 g/mol. The van der Waals surface area contributed by atoms with Gasteiger partial charge in [-0.1, -0.05) is 24.3 Å². The summed E-state index contributed by atoms with van der Waals surface area (Å²) in [6, 6.07) is 3.20.